The van der Waals surface area contributed by atoms with Crippen molar-refractivity contribution in [3.05, 3.63) is 75.9 Å². The predicted octanol–water partition coefficient (Wildman–Crippen LogP) is 6.90. The van der Waals surface area contributed by atoms with E-state index in [0.29, 0.717) is 12.1 Å². The Bertz CT molecular complexity index is 1580. The first-order chi connectivity index (χ1) is 19.1. The third-order valence-corrected chi connectivity index (χ3v) is 5.84. The zero-order valence-corrected chi connectivity index (χ0v) is 21.9. The first-order valence-electron chi connectivity index (χ1n) is 11.5. The van der Waals surface area contributed by atoms with Gasteiger partial charge in [-0.1, -0.05) is 29.3 Å². The maximum Gasteiger partial charge on any atom is 0.573 e. The van der Waals surface area contributed by atoms with E-state index >= 15 is 0 Å². The Hall–Kier alpha value is -4.05. The molecule has 0 aliphatic carbocycles. The van der Waals surface area contributed by atoms with E-state index in [9.17, 15) is 22.8 Å². The first kappa shape index (κ1) is 28.9. The molecular formula is C26H19Cl2F4N5O3. The fourth-order valence-corrected chi connectivity index (χ4v) is 3.94. The van der Waals surface area contributed by atoms with Gasteiger partial charge < -0.3 is 25.3 Å². The Morgan fingerprint density at radius 3 is 2.55 bits per heavy atom. The van der Waals surface area contributed by atoms with Crippen molar-refractivity contribution in [2.45, 2.75) is 19.4 Å². The number of anilines is 2. The predicted molar refractivity (Wildman–Crippen MR) is 141 cm³/mol. The minimum Gasteiger partial charge on any atom is -0.490 e. The van der Waals surface area contributed by atoms with Crippen molar-refractivity contribution in [1.29, 1.82) is 5.26 Å². The smallest absolute Gasteiger partial charge is 0.490 e. The van der Waals surface area contributed by atoms with Crippen LogP contribution in [0.3, 0.4) is 0 Å². The Kier molecular flexibility index (Phi) is 8.99. The second-order valence-electron chi connectivity index (χ2n) is 8.14. The van der Waals surface area contributed by atoms with Gasteiger partial charge in [-0.3, -0.25) is 4.98 Å². The van der Waals surface area contributed by atoms with Gasteiger partial charge in [0.1, 0.15) is 17.8 Å². The number of nitriles is 1. The van der Waals surface area contributed by atoms with Gasteiger partial charge in [-0.2, -0.15) is 5.26 Å². The van der Waals surface area contributed by atoms with Gasteiger partial charge in [-0.25, -0.2) is 9.37 Å². The maximum atomic E-state index is 14.9. The van der Waals surface area contributed by atoms with Crippen LogP contribution in [0.4, 0.5) is 28.9 Å². The summed E-state index contributed by atoms with van der Waals surface area (Å²) in [5.74, 6) is -1.87. The normalized spacial score (nSPS) is 11.2. The van der Waals surface area contributed by atoms with Gasteiger partial charge in [-0.05, 0) is 31.2 Å². The molecule has 40 heavy (non-hydrogen) atoms. The average molecular weight is 596 g/mol. The monoisotopic (exact) mass is 595 g/mol. The largest absolute Gasteiger partial charge is 0.573 e. The number of ether oxygens (including phenoxy) is 3. The lowest BCUT2D eigenvalue weighted by molar-refractivity contribution is -0.275. The molecule has 0 amide bonds. The Morgan fingerprint density at radius 2 is 1.85 bits per heavy atom. The summed E-state index contributed by atoms with van der Waals surface area (Å²) in [4.78, 5) is 8.21. The third-order valence-electron chi connectivity index (χ3n) is 5.32. The van der Waals surface area contributed by atoms with Gasteiger partial charge in [-0.15, -0.1) is 13.2 Å². The fourth-order valence-electron chi connectivity index (χ4n) is 3.55. The van der Waals surface area contributed by atoms with Gasteiger partial charge in [0, 0.05) is 29.8 Å². The first-order valence-corrected chi connectivity index (χ1v) is 12.3. The quantitative estimate of drug-likeness (QED) is 0.116. The molecule has 0 spiro atoms. The van der Waals surface area contributed by atoms with Crippen molar-refractivity contribution >= 4 is 45.5 Å². The van der Waals surface area contributed by atoms with Crippen LogP contribution in [0.1, 0.15) is 17.7 Å². The lowest BCUT2D eigenvalue weighted by atomic mass is 10.1. The molecule has 2 aromatic heterocycles. The van der Waals surface area contributed by atoms with Crippen LogP contribution < -0.4 is 25.3 Å². The molecule has 0 atom stereocenters. The molecule has 4 aromatic rings. The van der Waals surface area contributed by atoms with Crippen molar-refractivity contribution in [3.8, 4) is 23.3 Å². The molecule has 0 unspecified atom stereocenters. The zero-order chi connectivity index (χ0) is 28.9. The van der Waals surface area contributed by atoms with E-state index in [2.05, 4.69) is 20.0 Å². The van der Waals surface area contributed by atoms with Crippen molar-refractivity contribution < 1.29 is 31.8 Å². The van der Waals surface area contributed by atoms with E-state index in [1.165, 1.54) is 18.3 Å². The minimum absolute atomic E-state index is 0.00203. The summed E-state index contributed by atoms with van der Waals surface area (Å²) in [5.41, 5.74) is 6.04. The number of halogens is 6. The van der Waals surface area contributed by atoms with Gasteiger partial charge in [0.05, 0.1) is 39.8 Å². The molecule has 2 heterocycles. The van der Waals surface area contributed by atoms with Crippen LogP contribution in [-0.2, 0) is 6.61 Å². The molecule has 0 aliphatic heterocycles. The van der Waals surface area contributed by atoms with Crippen LogP contribution in [-0.4, -0.2) is 29.5 Å². The van der Waals surface area contributed by atoms with Crippen LogP contribution in [0, 0.1) is 17.1 Å². The van der Waals surface area contributed by atoms with E-state index in [0.717, 1.165) is 12.1 Å². The summed E-state index contributed by atoms with van der Waals surface area (Å²) < 4.78 is 69.5. The minimum atomic E-state index is -5.03. The van der Waals surface area contributed by atoms with Crippen LogP contribution in [0.5, 0.6) is 17.2 Å². The number of nitrogens with zero attached hydrogens (tertiary/aromatic N) is 3. The molecule has 2 aromatic carbocycles. The van der Waals surface area contributed by atoms with Crippen molar-refractivity contribution in [3.63, 3.8) is 0 Å². The Labute approximate surface area is 235 Å². The van der Waals surface area contributed by atoms with E-state index in [4.69, 9.17) is 38.4 Å². The molecule has 3 N–H and O–H groups in total. The summed E-state index contributed by atoms with van der Waals surface area (Å²) in [6.45, 7) is 0.208. The maximum absolute atomic E-state index is 14.9. The summed E-state index contributed by atoms with van der Waals surface area (Å²) in [5, 5.41) is 12.8. The number of nitrogens with two attached hydrogens (primary N) is 1. The standard InChI is InChI=1S/C26H19Cl2F4N5O3/c27-17-8-21(39-13-15-3-1-4-24(28)36-15)18(29)9-20(17)37-25-14(11-34)12-35-19-10-22(38-6-2-5-33)23(7-16(19)25)40-26(30,31)32/h1,3-4,7-10,12H,2,5-6,13,33H2,(H,35,37). The Balaban J connectivity index is 1.70. The van der Waals surface area contributed by atoms with Crippen LogP contribution in [0.25, 0.3) is 10.9 Å². The number of pyridine rings is 2. The molecule has 0 fully saturated rings. The zero-order valence-electron chi connectivity index (χ0n) is 20.4. The van der Waals surface area contributed by atoms with Crippen molar-refractivity contribution in [2.75, 3.05) is 18.5 Å². The van der Waals surface area contributed by atoms with Gasteiger partial charge in [0.2, 0.25) is 0 Å². The SMILES string of the molecule is N#Cc1cnc2cc(OCCCN)c(OC(F)(F)F)cc2c1Nc1cc(F)c(OCc2cccc(Cl)n2)cc1Cl. The van der Waals surface area contributed by atoms with E-state index in [-0.39, 0.29) is 69.3 Å². The molecule has 0 bridgehead atoms. The van der Waals surface area contributed by atoms with E-state index in [1.807, 2.05) is 6.07 Å². The summed E-state index contributed by atoms with van der Waals surface area (Å²) in [7, 11) is 0. The number of fused-ring (bicyclic) bond motifs is 1. The van der Waals surface area contributed by atoms with Crippen molar-refractivity contribution in [1.82, 2.24) is 9.97 Å². The molecule has 208 valence electrons. The van der Waals surface area contributed by atoms with E-state index < -0.39 is 17.9 Å². The highest BCUT2D eigenvalue weighted by molar-refractivity contribution is 6.33. The number of benzene rings is 2. The Morgan fingerprint density at radius 1 is 1.05 bits per heavy atom. The molecule has 14 heteroatoms. The third kappa shape index (κ3) is 7.12. The summed E-state index contributed by atoms with van der Waals surface area (Å²) in [6, 6.07) is 11.3. The highest BCUT2D eigenvalue weighted by Gasteiger charge is 2.33. The highest BCUT2D eigenvalue weighted by atomic mass is 35.5. The fraction of sp³-hybridized carbons (Fsp3) is 0.192. The number of aromatic nitrogens is 2. The van der Waals surface area contributed by atoms with E-state index in [1.54, 1.807) is 18.2 Å². The molecule has 8 nitrogen and oxygen atoms in total. The number of hydrogen-bond acceptors (Lipinski definition) is 8. The molecule has 0 aliphatic rings. The lowest BCUT2D eigenvalue weighted by Crippen LogP contribution is -2.18. The second-order valence-corrected chi connectivity index (χ2v) is 8.94. The van der Waals surface area contributed by atoms with Crippen molar-refractivity contribution in [2.24, 2.45) is 5.73 Å². The van der Waals surface area contributed by atoms with Gasteiger partial charge >= 0.3 is 6.36 Å². The molecule has 0 radical (unpaired) electrons. The van der Waals surface area contributed by atoms with Gasteiger partial charge in [0.25, 0.3) is 0 Å². The summed E-state index contributed by atoms with van der Waals surface area (Å²) in [6.07, 6.45) is -3.44. The van der Waals surface area contributed by atoms with Gasteiger partial charge in [0.15, 0.2) is 23.1 Å². The number of rotatable bonds is 10. The number of hydrogen-bond donors (Lipinski definition) is 2. The highest BCUT2D eigenvalue weighted by Crippen LogP contribution is 2.41. The molecule has 0 saturated carbocycles. The summed E-state index contributed by atoms with van der Waals surface area (Å²) >= 11 is 12.2. The number of nitrogens with one attached hydrogen (secondary N) is 1. The second kappa shape index (κ2) is 12.4. The van der Waals surface area contributed by atoms with Crippen LogP contribution >= 0.6 is 23.2 Å². The van der Waals surface area contributed by atoms with Crippen LogP contribution in [0.2, 0.25) is 10.2 Å². The van der Waals surface area contributed by atoms with Crippen LogP contribution in [0.15, 0.2) is 48.7 Å². The molecule has 4 rings (SSSR count). The lowest BCUT2D eigenvalue weighted by Gasteiger charge is -2.18. The average Bonchev–Trinajstić information content (AvgIpc) is 2.89. The molecule has 0 saturated heterocycles. The topological polar surface area (TPSA) is 115 Å². The number of alkyl halides is 3. The molecular weight excluding hydrogens is 577 g/mol.